The lowest BCUT2D eigenvalue weighted by atomic mass is 10.1. The average molecular weight is 382 g/mol. The van der Waals surface area contributed by atoms with Gasteiger partial charge in [0.1, 0.15) is 12.6 Å². The minimum Gasteiger partial charge on any atom is -0.459 e. The Morgan fingerprint density at radius 3 is 2.43 bits per heavy atom. The predicted octanol–water partition coefficient (Wildman–Crippen LogP) is 3.63. The Balaban J connectivity index is 2.19. The Hall–Kier alpha value is -3.48. The Kier molecular flexibility index (Phi) is 7.45. The summed E-state index contributed by atoms with van der Waals surface area (Å²) in [6, 6.07) is 14.4. The fourth-order valence-corrected chi connectivity index (χ4v) is 2.63. The van der Waals surface area contributed by atoms with Gasteiger partial charge in [-0.15, -0.1) is 0 Å². The van der Waals surface area contributed by atoms with E-state index in [-0.39, 0.29) is 18.8 Å². The number of para-hydroxylation sites is 1. The molecule has 146 valence electrons. The van der Waals surface area contributed by atoms with Crippen molar-refractivity contribution in [2.45, 2.75) is 33.0 Å². The van der Waals surface area contributed by atoms with Gasteiger partial charge in [0.05, 0.1) is 11.5 Å². The molecule has 0 spiro atoms. The number of ether oxygens (including phenoxy) is 1. The second-order valence-corrected chi connectivity index (χ2v) is 6.12. The van der Waals surface area contributed by atoms with E-state index in [4.69, 9.17) is 4.74 Å². The van der Waals surface area contributed by atoms with Crippen molar-refractivity contribution in [3.05, 3.63) is 88.0 Å². The zero-order chi connectivity index (χ0) is 20.5. The maximum atomic E-state index is 12.5. The number of nitro groups is 1. The molecule has 0 heterocycles. The largest absolute Gasteiger partial charge is 0.459 e. The summed E-state index contributed by atoms with van der Waals surface area (Å²) in [6.45, 7) is 3.23. The highest BCUT2D eigenvalue weighted by Crippen LogP contribution is 2.21. The topological polar surface area (TPSA) is 89.8 Å². The minimum atomic E-state index is -0.910. The number of esters is 1. The first-order chi connectivity index (χ1) is 13.4. The molecule has 2 aromatic rings. The molecule has 0 saturated heterocycles. The van der Waals surface area contributed by atoms with E-state index >= 15 is 0 Å². The van der Waals surface area contributed by atoms with Crippen LogP contribution in [0, 0.1) is 10.1 Å². The summed E-state index contributed by atoms with van der Waals surface area (Å²) in [5.41, 5.74) is 1.06. The zero-order valence-corrected chi connectivity index (χ0v) is 15.8. The lowest BCUT2D eigenvalue weighted by molar-refractivity contribution is -0.385. The Morgan fingerprint density at radius 2 is 1.79 bits per heavy atom. The van der Waals surface area contributed by atoms with Crippen LogP contribution in [0.4, 0.5) is 5.69 Å². The van der Waals surface area contributed by atoms with Crippen molar-refractivity contribution in [2.24, 2.45) is 0 Å². The predicted molar refractivity (Wildman–Crippen MR) is 104 cm³/mol. The number of rotatable bonds is 8. The molecule has 2 aromatic carbocycles. The Morgan fingerprint density at radius 1 is 1.14 bits per heavy atom. The Labute approximate surface area is 163 Å². The number of hydrogen-bond acceptors (Lipinski definition) is 5. The van der Waals surface area contributed by atoms with Crippen molar-refractivity contribution in [3.8, 4) is 0 Å². The van der Waals surface area contributed by atoms with E-state index in [1.165, 1.54) is 17.0 Å². The molecule has 0 saturated carbocycles. The molecule has 0 bridgehead atoms. The van der Waals surface area contributed by atoms with Gasteiger partial charge in [-0.25, -0.2) is 4.79 Å². The second-order valence-electron chi connectivity index (χ2n) is 6.12. The van der Waals surface area contributed by atoms with Crippen molar-refractivity contribution in [1.29, 1.82) is 0 Å². The summed E-state index contributed by atoms with van der Waals surface area (Å²) in [4.78, 5) is 37.0. The molecule has 0 radical (unpaired) electrons. The SMILES string of the molecule is C/C=C/C(=O)N(Cc1ccccc1[N+](=O)[O-])[C@@H](C)C(=O)OCc1ccccc1. The molecule has 0 fully saturated rings. The molecule has 0 aliphatic rings. The van der Waals surface area contributed by atoms with E-state index in [0.717, 1.165) is 5.56 Å². The third-order valence-electron chi connectivity index (χ3n) is 4.15. The lowest BCUT2D eigenvalue weighted by Gasteiger charge is -2.27. The fourth-order valence-electron chi connectivity index (χ4n) is 2.63. The lowest BCUT2D eigenvalue weighted by Crippen LogP contribution is -2.43. The second kappa shape index (κ2) is 10.0. The molecule has 0 aromatic heterocycles. The third kappa shape index (κ3) is 5.51. The van der Waals surface area contributed by atoms with Crippen LogP contribution in [0.25, 0.3) is 0 Å². The molecule has 0 aliphatic carbocycles. The quantitative estimate of drug-likeness (QED) is 0.301. The summed E-state index contributed by atoms with van der Waals surface area (Å²) < 4.78 is 5.32. The van der Waals surface area contributed by atoms with Gasteiger partial charge in [0, 0.05) is 11.6 Å². The van der Waals surface area contributed by atoms with Crippen LogP contribution < -0.4 is 0 Å². The van der Waals surface area contributed by atoms with Gasteiger partial charge in [-0.05, 0) is 25.5 Å². The first-order valence-corrected chi connectivity index (χ1v) is 8.80. The zero-order valence-electron chi connectivity index (χ0n) is 15.8. The average Bonchev–Trinajstić information content (AvgIpc) is 2.70. The van der Waals surface area contributed by atoms with Gasteiger partial charge in [0.25, 0.3) is 5.69 Å². The van der Waals surface area contributed by atoms with Crippen LogP contribution in [0.15, 0.2) is 66.7 Å². The van der Waals surface area contributed by atoms with Crippen molar-refractivity contribution in [1.82, 2.24) is 4.90 Å². The molecule has 0 aliphatic heterocycles. The van der Waals surface area contributed by atoms with Crippen LogP contribution in [-0.2, 0) is 27.5 Å². The molecule has 0 unspecified atom stereocenters. The minimum absolute atomic E-state index is 0.0814. The standard InChI is InChI=1S/C21H22N2O5/c1-3-9-20(24)22(14-18-12-7-8-13-19(18)23(26)27)16(2)21(25)28-15-17-10-5-4-6-11-17/h3-13,16H,14-15H2,1-2H3/b9-3+/t16-/m0/s1. The van der Waals surface area contributed by atoms with Crippen LogP contribution in [-0.4, -0.2) is 27.7 Å². The summed E-state index contributed by atoms with van der Waals surface area (Å²) in [6.07, 6.45) is 2.87. The first-order valence-electron chi connectivity index (χ1n) is 8.80. The van der Waals surface area contributed by atoms with Gasteiger partial charge in [0.2, 0.25) is 5.91 Å². The molecule has 2 rings (SSSR count). The third-order valence-corrected chi connectivity index (χ3v) is 4.15. The number of carbonyl (C=O) groups is 2. The van der Waals surface area contributed by atoms with E-state index in [9.17, 15) is 19.7 Å². The molecule has 1 atom stereocenters. The summed E-state index contributed by atoms with van der Waals surface area (Å²) in [5, 5.41) is 11.3. The van der Waals surface area contributed by atoms with Crippen LogP contribution in [0.2, 0.25) is 0 Å². The van der Waals surface area contributed by atoms with Crippen molar-refractivity contribution in [2.75, 3.05) is 0 Å². The molecule has 28 heavy (non-hydrogen) atoms. The maximum absolute atomic E-state index is 12.5. The van der Waals surface area contributed by atoms with E-state index in [1.807, 2.05) is 30.3 Å². The highest BCUT2D eigenvalue weighted by Gasteiger charge is 2.28. The number of nitro benzene ring substituents is 1. The maximum Gasteiger partial charge on any atom is 0.328 e. The number of hydrogen-bond donors (Lipinski definition) is 0. The van der Waals surface area contributed by atoms with Gasteiger partial charge in [-0.1, -0.05) is 54.6 Å². The number of nitrogens with zero attached hydrogens (tertiary/aromatic N) is 2. The smallest absolute Gasteiger partial charge is 0.328 e. The van der Waals surface area contributed by atoms with Gasteiger partial charge < -0.3 is 9.64 Å². The fraction of sp³-hybridized carbons (Fsp3) is 0.238. The number of benzene rings is 2. The summed E-state index contributed by atoms with van der Waals surface area (Å²) in [7, 11) is 0. The number of allylic oxidation sites excluding steroid dienone is 1. The highest BCUT2D eigenvalue weighted by molar-refractivity contribution is 5.91. The van der Waals surface area contributed by atoms with Crippen molar-refractivity contribution >= 4 is 17.6 Å². The first kappa shape index (κ1) is 20.8. The van der Waals surface area contributed by atoms with E-state index < -0.39 is 22.8 Å². The van der Waals surface area contributed by atoms with Crippen LogP contribution >= 0.6 is 0 Å². The van der Waals surface area contributed by atoms with E-state index in [1.54, 1.807) is 38.1 Å². The van der Waals surface area contributed by atoms with Gasteiger partial charge in [-0.3, -0.25) is 14.9 Å². The van der Waals surface area contributed by atoms with E-state index in [0.29, 0.717) is 5.56 Å². The number of carbonyl (C=O) groups excluding carboxylic acids is 2. The van der Waals surface area contributed by atoms with Crippen molar-refractivity contribution < 1.29 is 19.2 Å². The molecule has 1 amide bonds. The summed E-state index contributed by atoms with van der Waals surface area (Å²) >= 11 is 0. The Bertz CT molecular complexity index is 864. The molecule has 7 nitrogen and oxygen atoms in total. The van der Waals surface area contributed by atoms with Gasteiger partial charge in [-0.2, -0.15) is 0 Å². The highest BCUT2D eigenvalue weighted by atomic mass is 16.6. The summed E-state index contributed by atoms with van der Waals surface area (Å²) in [5.74, 6) is -1.01. The molecule has 0 N–H and O–H groups in total. The van der Waals surface area contributed by atoms with Gasteiger partial charge in [0.15, 0.2) is 0 Å². The van der Waals surface area contributed by atoms with Crippen molar-refractivity contribution in [3.63, 3.8) is 0 Å². The van der Waals surface area contributed by atoms with E-state index in [2.05, 4.69) is 0 Å². The van der Waals surface area contributed by atoms with Crippen LogP contribution in [0.5, 0.6) is 0 Å². The van der Waals surface area contributed by atoms with Crippen LogP contribution in [0.1, 0.15) is 25.0 Å². The monoisotopic (exact) mass is 382 g/mol. The molecular weight excluding hydrogens is 360 g/mol. The normalized spacial score (nSPS) is 11.8. The molecule has 7 heteroatoms. The van der Waals surface area contributed by atoms with Crippen LogP contribution in [0.3, 0.4) is 0 Å². The van der Waals surface area contributed by atoms with Gasteiger partial charge >= 0.3 is 5.97 Å². The molecular formula is C21H22N2O5. The number of amides is 1.